The van der Waals surface area contributed by atoms with Gasteiger partial charge in [0.25, 0.3) is 0 Å². The molecule has 22 heavy (non-hydrogen) atoms. The predicted octanol–water partition coefficient (Wildman–Crippen LogP) is 0.237. The van der Waals surface area contributed by atoms with Crippen LogP contribution in [0.3, 0.4) is 0 Å². The van der Waals surface area contributed by atoms with Crippen molar-refractivity contribution in [2.45, 2.75) is 0 Å². The van der Waals surface area contributed by atoms with E-state index in [9.17, 15) is 14.0 Å². The molecule has 1 aliphatic rings. The van der Waals surface area contributed by atoms with E-state index in [-0.39, 0.29) is 24.8 Å². The molecule has 0 saturated carbocycles. The summed E-state index contributed by atoms with van der Waals surface area (Å²) < 4.78 is 17.4. The zero-order valence-corrected chi connectivity index (χ0v) is 12.5. The highest BCUT2D eigenvalue weighted by molar-refractivity contribution is 5.83. The number of piperazine rings is 1. The van der Waals surface area contributed by atoms with Gasteiger partial charge in [0.15, 0.2) is 0 Å². The van der Waals surface area contributed by atoms with Crippen LogP contribution in [0.15, 0.2) is 24.3 Å². The van der Waals surface area contributed by atoms with Gasteiger partial charge in [-0.05, 0) is 24.3 Å². The zero-order valence-electron chi connectivity index (χ0n) is 12.5. The largest absolute Gasteiger partial charge is 0.468 e. The number of hydrogen-bond acceptors (Lipinski definition) is 5. The second kappa shape index (κ2) is 7.74. The Hall–Kier alpha value is -2.15. The lowest BCUT2D eigenvalue weighted by Crippen LogP contribution is -2.50. The van der Waals surface area contributed by atoms with E-state index in [0.29, 0.717) is 0 Å². The highest BCUT2D eigenvalue weighted by Gasteiger charge is 2.19. The molecule has 1 aromatic carbocycles. The molecular weight excluding hydrogens is 289 g/mol. The maximum Gasteiger partial charge on any atom is 0.325 e. The SMILES string of the molecule is COC(=O)CNC(=O)CN1CCN(c2ccc(F)cc2)CC1. The van der Waals surface area contributed by atoms with E-state index in [1.807, 2.05) is 4.90 Å². The first-order valence-corrected chi connectivity index (χ1v) is 7.15. The van der Waals surface area contributed by atoms with Crippen LogP contribution >= 0.6 is 0 Å². The van der Waals surface area contributed by atoms with Gasteiger partial charge in [-0.2, -0.15) is 0 Å². The number of ether oxygens (including phenoxy) is 1. The van der Waals surface area contributed by atoms with Crippen molar-refractivity contribution in [2.24, 2.45) is 0 Å². The standard InChI is InChI=1S/C15H20FN3O3/c1-22-15(21)10-17-14(20)11-18-6-8-19(9-7-18)13-4-2-12(16)3-5-13/h2-5H,6-11H2,1H3,(H,17,20). The molecule has 7 heteroatoms. The maximum absolute atomic E-state index is 12.9. The third-order valence-corrected chi connectivity index (χ3v) is 3.59. The Morgan fingerprint density at radius 2 is 1.82 bits per heavy atom. The van der Waals surface area contributed by atoms with Crippen LogP contribution in [0.2, 0.25) is 0 Å². The Labute approximate surface area is 128 Å². The Kier molecular flexibility index (Phi) is 5.71. The van der Waals surface area contributed by atoms with Crippen molar-refractivity contribution in [1.29, 1.82) is 0 Å². The Balaban J connectivity index is 1.74. The first-order valence-electron chi connectivity index (χ1n) is 7.15. The number of methoxy groups -OCH3 is 1. The van der Waals surface area contributed by atoms with Gasteiger partial charge < -0.3 is 15.0 Å². The number of hydrogen-bond donors (Lipinski definition) is 1. The smallest absolute Gasteiger partial charge is 0.325 e. The quantitative estimate of drug-likeness (QED) is 0.789. The lowest BCUT2D eigenvalue weighted by atomic mass is 10.2. The molecule has 1 saturated heterocycles. The molecule has 0 bridgehead atoms. The Bertz CT molecular complexity index is 513. The second-order valence-corrected chi connectivity index (χ2v) is 5.09. The highest BCUT2D eigenvalue weighted by Crippen LogP contribution is 2.16. The van der Waals surface area contributed by atoms with Crippen molar-refractivity contribution in [1.82, 2.24) is 10.2 Å². The molecular formula is C15H20FN3O3. The van der Waals surface area contributed by atoms with Gasteiger partial charge in [-0.15, -0.1) is 0 Å². The number of nitrogens with zero attached hydrogens (tertiary/aromatic N) is 2. The minimum Gasteiger partial charge on any atom is -0.468 e. The monoisotopic (exact) mass is 309 g/mol. The molecule has 0 aliphatic carbocycles. The molecule has 1 aromatic rings. The van der Waals surface area contributed by atoms with Gasteiger partial charge in [-0.25, -0.2) is 4.39 Å². The number of amides is 1. The molecule has 1 heterocycles. The minimum absolute atomic E-state index is 0.106. The molecule has 0 atom stereocenters. The predicted molar refractivity (Wildman–Crippen MR) is 80.1 cm³/mol. The molecule has 0 spiro atoms. The molecule has 1 amide bonds. The number of anilines is 1. The molecule has 6 nitrogen and oxygen atoms in total. The van der Waals surface area contributed by atoms with Gasteiger partial charge >= 0.3 is 5.97 Å². The lowest BCUT2D eigenvalue weighted by molar-refractivity contribution is -0.141. The lowest BCUT2D eigenvalue weighted by Gasteiger charge is -2.35. The third kappa shape index (κ3) is 4.70. The minimum atomic E-state index is -0.463. The molecule has 0 radical (unpaired) electrons. The summed E-state index contributed by atoms with van der Waals surface area (Å²) in [6, 6.07) is 6.41. The van der Waals surface area contributed by atoms with E-state index in [4.69, 9.17) is 0 Å². The summed E-state index contributed by atoms with van der Waals surface area (Å²) >= 11 is 0. The van der Waals surface area contributed by atoms with Crippen molar-refractivity contribution in [3.05, 3.63) is 30.1 Å². The van der Waals surface area contributed by atoms with Crippen LogP contribution in [0, 0.1) is 5.82 Å². The molecule has 1 N–H and O–H groups in total. The van der Waals surface area contributed by atoms with E-state index in [1.54, 1.807) is 12.1 Å². The number of benzene rings is 1. The number of carbonyl (C=O) groups excluding carboxylic acids is 2. The van der Waals surface area contributed by atoms with Crippen molar-refractivity contribution >= 4 is 17.6 Å². The molecule has 120 valence electrons. The van der Waals surface area contributed by atoms with E-state index in [0.717, 1.165) is 31.9 Å². The molecule has 2 rings (SSSR count). The topological polar surface area (TPSA) is 61.9 Å². The summed E-state index contributed by atoms with van der Waals surface area (Å²) in [5, 5.41) is 2.52. The summed E-state index contributed by atoms with van der Waals surface area (Å²) in [7, 11) is 1.28. The summed E-state index contributed by atoms with van der Waals surface area (Å²) in [4.78, 5) is 26.8. The highest BCUT2D eigenvalue weighted by atomic mass is 19.1. The van der Waals surface area contributed by atoms with Gasteiger partial charge in [0.2, 0.25) is 5.91 Å². The third-order valence-electron chi connectivity index (χ3n) is 3.59. The number of esters is 1. The Morgan fingerprint density at radius 1 is 1.18 bits per heavy atom. The van der Waals surface area contributed by atoms with E-state index in [2.05, 4.69) is 15.0 Å². The van der Waals surface area contributed by atoms with Gasteiger partial charge in [-0.1, -0.05) is 0 Å². The summed E-state index contributed by atoms with van der Waals surface area (Å²) in [6.07, 6.45) is 0. The van der Waals surface area contributed by atoms with Crippen LogP contribution < -0.4 is 10.2 Å². The first kappa shape index (κ1) is 16.2. The second-order valence-electron chi connectivity index (χ2n) is 5.09. The molecule has 0 aromatic heterocycles. The van der Waals surface area contributed by atoms with E-state index in [1.165, 1.54) is 19.2 Å². The summed E-state index contributed by atoms with van der Waals surface area (Å²) in [5.41, 5.74) is 0.983. The average molecular weight is 309 g/mol. The van der Waals surface area contributed by atoms with Crippen LogP contribution in [0.4, 0.5) is 10.1 Å². The van der Waals surface area contributed by atoms with Gasteiger partial charge in [0, 0.05) is 31.9 Å². The number of nitrogens with one attached hydrogen (secondary N) is 1. The summed E-state index contributed by atoms with van der Waals surface area (Å²) in [6.45, 7) is 3.18. The first-order chi connectivity index (χ1) is 10.6. The van der Waals surface area contributed by atoms with Crippen LogP contribution in [0.25, 0.3) is 0 Å². The van der Waals surface area contributed by atoms with Crippen LogP contribution in [-0.4, -0.2) is 63.2 Å². The fourth-order valence-corrected chi connectivity index (χ4v) is 2.32. The number of carbonyl (C=O) groups is 2. The maximum atomic E-state index is 12.9. The fourth-order valence-electron chi connectivity index (χ4n) is 2.32. The normalized spacial score (nSPS) is 15.5. The van der Waals surface area contributed by atoms with Crippen molar-refractivity contribution in [2.75, 3.05) is 51.3 Å². The van der Waals surface area contributed by atoms with Gasteiger partial charge in [0.1, 0.15) is 12.4 Å². The van der Waals surface area contributed by atoms with Crippen LogP contribution in [-0.2, 0) is 14.3 Å². The van der Waals surface area contributed by atoms with E-state index < -0.39 is 5.97 Å². The van der Waals surface area contributed by atoms with Gasteiger partial charge in [0.05, 0.1) is 13.7 Å². The molecule has 1 aliphatic heterocycles. The molecule has 0 unspecified atom stereocenters. The van der Waals surface area contributed by atoms with Crippen LogP contribution in [0.1, 0.15) is 0 Å². The zero-order chi connectivity index (χ0) is 15.9. The fraction of sp³-hybridized carbons (Fsp3) is 0.467. The van der Waals surface area contributed by atoms with Crippen molar-refractivity contribution < 1.29 is 18.7 Å². The average Bonchev–Trinajstić information content (AvgIpc) is 2.54. The summed E-state index contributed by atoms with van der Waals surface area (Å²) in [5.74, 6) is -0.903. The van der Waals surface area contributed by atoms with Crippen molar-refractivity contribution in [3.8, 4) is 0 Å². The number of halogens is 1. The van der Waals surface area contributed by atoms with Crippen LogP contribution in [0.5, 0.6) is 0 Å². The number of rotatable bonds is 5. The van der Waals surface area contributed by atoms with Crippen molar-refractivity contribution in [3.63, 3.8) is 0 Å². The molecule has 1 fully saturated rings. The Morgan fingerprint density at radius 3 is 2.41 bits per heavy atom. The van der Waals surface area contributed by atoms with E-state index >= 15 is 0 Å². The van der Waals surface area contributed by atoms with Gasteiger partial charge in [-0.3, -0.25) is 14.5 Å².